The predicted molar refractivity (Wildman–Crippen MR) is 139 cm³/mol. The molecule has 2 aliphatic rings. The van der Waals surface area contributed by atoms with Gasteiger partial charge in [-0.25, -0.2) is 4.79 Å². The molecular formula is C29H37N2O5+. The van der Waals surface area contributed by atoms with Gasteiger partial charge in [0.05, 0.1) is 40.4 Å². The van der Waals surface area contributed by atoms with Crippen LogP contribution in [0.5, 0.6) is 11.5 Å². The maximum atomic E-state index is 13.3. The van der Waals surface area contributed by atoms with Crippen LogP contribution in [-0.4, -0.2) is 63.4 Å². The second-order valence-electron chi connectivity index (χ2n) is 9.98. The van der Waals surface area contributed by atoms with E-state index in [1.807, 2.05) is 6.07 Å². The summed E-state index contributed by atoms with van der Waals surface area (Å²) >= 11 is 0. The van der Waals surface area contributed by atoms with Gasteiger partial charge in [0.1, 0.15) is 12.3 Å². The number of nitrogens with zero attached hydrogens (tertiary/aromatic N) is 1. The van der Waals surface area contributed by atoms with Crippen molar-refractivity contribution in [3.8, 4) is 11.5 Å². The molecule has 192 valence electrons. The summed E-state index contributed by atoms with van der Waals surface area (Å²) in [7, 11) is 5.47. The van der Waals surface area contributed by atoms with Crippen LogP contribution in [0.2, 0.25) is 0 Å². The average Bonchev–Trinajstić information content (AvgIpc) is 2.91. The lowest BCUT2D eigenvalue weighted by Gasteiger charge is -2.51. The Morgan fingerprint density at radius 2 is 1.72 bits per heavy atom. The van der Waals surface area contributed by atoms with Gasteiger partial charge in [0.2, 0.25) is 0 Å². The number of carbonyl (C=O) groups is 2. The van der Waals surface area contributed by atoms with Crippen molar-refractivity contribution < 1.29 is 28.3 Å². The van der Waals surface area contributed by atoms with Crippen LogP contribution < -0.4 is 14.8 Å². The summed E-state index contributed by atoms with van der Waals surface area (Å²) in [5, 5.41) is 2.77. The maximum absolute atomic E-state index is 13.3. The van der Waals surface area contributed by atoms with Crippen molar-refractivity contribution in [3.63, 3.8) is 0 Å². The molecule has 1 amide bonds. The molecule has 2 aliphatic heterocycles. The minimum absolute atomic E-state index is 0.0905. The van der Waals surface area contributed by atoms with Crippen molar-refractivity contribution in [3.05, 3.63) is 65.4 Å². The van der Waals surface area contributed by atoms with Gasteiger partial charge in [-0.2, -0.15) is 0 Å². The number of benzene rings is 2. The summed E-state index contributed by atoms with van der Waals surface area (Å²) in [4.78, 5) is 26.2. The molecule has 2 saturated heterocycles. The Bertz CT molecular complexity index is 1100. The normalized spacial score (nSPS) is 23.8. The van der Waals surface area contributed by atoms with Gasteiger partial charge in [0.15, 0.2) is 11.5 Å². The fourth-order valence-corrected chi connectivity index (χ4v) is 5.73. The summed E-state index contributed by atoms with van der Waals surface area (Å²) in [6.45, 7) is 2.77. The highest BCUT2D eigenvalue weighted by atomic mass is 16.5. The highest BCUT2D eigenvalue weighted by molar-refractivity contribution is 6.03. The topological polar surface area (TPSA) is 73.9 Å². The molecule has 1 N–H and O–H groups in total. The summed E-state index contributed by atoms with van der Waals surface area (Å²) in [6, 6.07) is 14.7. The smallest absolute Gasteiger partial charge is 0.354 e. The molecule has 2 aromatic rings. The second-order valence-corrected chi connectivity index (χ2v) is 9.98. The first-order valence-electron chi connectivity index (χ1n) is 12.7. The minimum atomic E-state index is -0.537. The minimum Gasteiger partial charge on any atom is -0.493 e. The third kappa shape index (κ3) is 5.90. The molecule has 0 radical (unpaired) electrons. The van der Waals surface area contributed by atoms with Gasteiger partial charge >= 0.3 is 5.97 Å². The van der Waals surface area contributed by atoms with Crippen LogP contribution in [0.25, 0.3) is 6.08 Å². The summed E-state index contributed by atoms with van der Waals surface area (Å²) in [5.74, 6) is 0.543. The molecule has 2 aromatic carbocycles. The second kappa shape index (κ2) is 11.6. The third-order valence-electron chi connectivity index (χ3n) is 7.66. The largest absolute Gasteiger partial charge is 0.493 e. The van der Waals surface area contributed by atoms with E-state index < -0.39 is 5.97 Å². The van der Waals surface area contributed by atoms with Crippen molar-refractivity contribution in [2.45, 2.75) is 38.1 Å². The molecule has 0 saturated carbocycles. The molecule has 0 aliphatic carbocycles. The monoisotopic (exact) mass is 493 g/mol. The number of hydrogen-bond donors (Lipinski definition) is 1. The Labute approximate surface area is 213 Å². The van der Waals surface area contributed by atoms with E-state index in [0.717, 1.165) is 17.3 Å². The van der Waals surface area contributed by atoms with Crippen LogP contribution in [0.1, 0.15) is 48.0 Å². The lowest BCUT2D eigenvalue weighted by Crippen LogP contribution is -2.61. The number of esters is 1. The molecule has 0 aromatic heterocycles. The van der Waals surface area contributed by atoms with Gasteiger partial charge in [-0.3, -0.25) is 4.79 Å². The number of piperidine rings is 2. The first kappa shape index (κ1) is 25.8. The van der Waals surface area contributed by atoms with E-state index in [2.05, 4.69) is 12.4 Å². The van der Waals surface area contributed by atoms with Gasteiger partial charge < -0.3 is 24.0 Å². The van der Waals surface area contributed by atoms with Crippen LogP contribution in [-0.2, 0) is 9.53 Å². The van der Waals surface area contributed by atoms with Gasteiger partial charge in [-0.05, 0) is 61.6 Å². The Hall–Kier alpha value is -3.32. The molecule has 0 unspecified atom stereocenters. The van der Waals surface area contributed by atoms with Crippen molar-refractivity contribution in [1.29, 1.82) is 0 Å². The molecule has 36 heavy (non-hydrogen) atoms. The number of rotatable bonds is 8. The quantitative estimate of drug-likeness (QED) is 0.335. The molecule has 0 spiro atoms. The van der Waals surface area contributed by atoms with Crippen LogP contribution in [0.4, 0.5) is 0 Å². The first-order valence-corrected chi connectivity index (χ1v) is 12.7. The summed E-state index contributed by atoms with van der Waals surface area (Å²) in [5.41, 5.74) is 1.24. The fraction of sp³-hybridized carbons (Fsp3) is 0.448. The Morgan fingerprint density at radius 3 is 2.47 bits per heavy atom. The molecule has 7 heteroatoms. The zero-order chi connectivity index (χ0) is 25.5. The van der Waals surface area contributed by atoms with Crippen molar-refractivity contribution in [2.75, 3.05) is 41.0 Å². The number of hydrogen-bond acceptors (Lipinski definition) is 5. The van der Waals surface area contributed by atoms with Gasteiger partial charge in [-0.15, -0.1) is 0 Å². The average molecular weight is 494 g/mol. The lowest BCUT2D eigenvalue weighted by atomic mass is 9.82. The van der Waals surface area contributed by atoms with Crippen LogP contribution in [0, 0.1) is 5.92 Å². The molecule has 2 heterocycles. The van der Waals surface area contributed by atoms with E-state index in [-0.39, 0.29) is 11.6 Å². The molecular weight excluding hydrogens is 456 g/mol. The highest BCUT2D eigenvalue weighted by Gasteiger charge is 2.44. The zero-order valence-electron chi connectivity index (χ0n) is 21.5. The molecule has 2 fully saturated rings. The van der Waals surface area contributed by atoms with E-state index in [4.69, 9.17) is 14.2 Å². The number of amides is 1. The molecule has 0 bridgehead atoms. The van der Waals surface area contributed by atoms with Crippen LogP contribution in [0.3, 0.4) is 0 Å². The zero-order valence-corrected chi connectivity index (χ0v) is 21.5. The number of quaternary nitrogens is 1. The van der Waals surface area contributed by atoms with Gasteiger partial charge in [0.25, 0.3) is 5.91 Å². The summed E-state index contributed by atoms with van der Waals surface area (Å²) < 4.78 is 17.7. The first-order chi connectivity index (χ1) is 17.4. The Balaban J connectivity index is 1.54. The molecule has 3 atom stereocenters. The number of ether oxygens (including phenoxy) is 3. The Kier molecular flexibility index (Phi) is 8.31. The number of methoxy groups -OCH3 is 2. The van der Waals surface area contributed by atoms with E-state index in [9.17, 15) is 9.59 Å². The van der Waals surface area contributed by atoms with Crippen molar-refractivity contribution in [2.24, 2.45) is 5.92 Å². The molecule has 4 rings (SSSR count). The van der Waals surface area contributed by atoms with E-state index >= 15 is 0 Å². The summed E-state index contributed by atoms with van der Waals surface area (Å²) in [6.07, 6.45) is 7.51. The van der Waals surface area contributed by atoms with Crippen molar-refractivity contribution in [1.82, 2.24) is 5.32 Å². The number of nitrogens with one attached hydrogen (secondary N) is 1. The third-order valence-corrected chi connectivity index (χ3v) is 7.66. The van der Waals surface area contributed by atoms with Crippen LogP contribution >= 0.6 is 0 Å². The van der Waals surface area contributed by atoms with Crippen molar-refractivity contribution >= 4 is 18.0 Å². The maximum Gasteiger partial charge on any atom is 0.354 e. The van der Waals surface area contributed by atoms with Gasteiger partial charge in [-0.1, -0.05) is 24.3 Å². The number of fused-ring (bicyclic) bond motifs is 1. The fourth-order valence-electron chi connectivity index (χ4n) is 5.73. The Morgan fingerprint density at radius 1 is 0.972 bits per heavy atom. The van der Waals surface area contributed by atoms with E-state index in [1.54, 1.807) is 62.8 Å². The molecule has 7 nitrogen and oxygen atoms in total. The standard InChI is InChI=1S/C29H36N2O5/c1-31-16-8-7-13-25(31)23(12-9-17-31)20-36-29(33)24(30-28(32)22-10-5-4-6-11-22)18-21-14-15-26(34-2)27(19-21)35-3/h4-6,10-11,14-15,18-19,23,25H,7-9,12-13,16-17,20H2,1-3H3/p+1/b24-18-/t23-,25-,31-/m0/s1. The highest BCUT2D eigenvalue weighted by Crippen LogP contribution is 2.36. The van der Waals surface area contributed by atoms with Gasteiger partial charge in [0, 0.05) is 17.9 Å². The lowest BCUT2D eigenvalue weighted by molar-refractivity contribution is -0.947. The SMILES string of the molecule is COc1ccc(/C=C(\NC(=O)c2ccccc2)C(=O)OC[C@@H]2CCC[N@+]3(C)CCCC[C@@H]23)cc1OC. The van der Waals surface area contributed by atoms with E-state index in [0.29, 0.717) is 41.2 Å². The van der Waals surface area contributed by atoms with Crippen LogP contribution in [0.15, 0.2) is 54.2 Å². The van der Waals surface area contributed by atoms with E-state index in [1.165, 1.54) is 32.4 Å². The number of carbonyl (C=O) groups excluding carboxylic acids is 2. The predicted octanol–water partition coefficient (Wildman–Crippen LogP) is 4.43.